The van der Waals surface area contributed by atoms with Crippen LogP contribution in [-0.4, -0.2) is 45.3 Å². The normalized spacial score (nSPS) is 16.2. The summed E-state index contributed by atoms with van der Waals surface area (Å²) >= 11 is 0. The van der Waals surface area contributed by atoms with Gasteiger partial charge in [0.25, 0.3) is 0 Å². The molecule has 1 unspecified atom stereocenters. The maximum atomic E-state index is 12.1. The Morgan fingerprint density at radius 3 is 2.61 bits per heavy atom. The van der Waals surface area contributed by atoms with Gasteiger partial charge in [0, 0.05) is 12.2 Å². The van der Waals surface area contributed by atoms with E-state index in [-0.39, 0.29) is 17.7 Å². The highest BCUT2D eigenvalue weighted by molar-refractivity contribution is 7.58. The third-order valence-electron chi connectivity index (χ3n) is 3.16. The number of aliphatic hydroxyl groups excluding tert-OH is 1. The van der Waals surface area contributed by atoms with E-state index in [1.807, 2.05) is 0 Å². The average molecular weight is 348 g/mol. The summed E-state index contributed by atoms with van der Waals surface area (Å²) in [6.45, 7) is 0. The maximum absolute atomic E-state index is 12.1. The minimum atomic E-state index is -4.22. The first-order valence-corrected chi connectivity index (χ1v) is 8.32. The number of methoxy groups -OCH3 is 1. The number of ether oxygens (including phenoxy) is 1. The van der Waals surface area contributed by atoms with Gasteiger partial charge < -0.3 is 25.6 Å². The average Bonchev–Trinajstić information content (AvgIpc) is 2.50. The van der Waals surface area contributed by atoms with E-state index in [0.29, 0.717) is 0 Å². The van der Waals surface area contributed by atoms with Crippen LogP contribution in [0.1, 0.15) is 17.8 Å². The quantitative estimate of drug-likeness (QED) is 0.299. The minimum absolute atomic E-state index is 0.0633. The lowest BCUT2D eigenvalue weighted by molar-refractivity contribution is -0.385. The van der Waals surface area contributed by atoms with Crippen LogP contribution in [0.5, 0.6) is 5.75 Å². The van der Waals surface area contributed by atoms with E-state index in [0.717, 1.165) is 6.07 Å². The Morgan fingerprint density at radius 1 is 1.52 bits per heavy atom. The summed E-state index contributed by atoms with van der Waals surface area (Å²) in [4.78, 5) is 30.7. The molecule has 0 saturated carbocycles. The molecule has 128 valence electrons. The molecular formula is C12H17N2O8P. The van der Waals surface area contributed by atoms with E-state index in [9.17, 15) is 29.5 Å². The van der Waals surface area contributed by atoms with Gasteiger partial charge in [0.2, 0.25) is 7.37 Å². The Morgan fingerprint density at radius 2 is 2.13 bits per heavy atom. The number of carboxylic acid groups (broad SMARTS) is 1. The molecule has 3 atom stereocenters. The highest BCUT2D eigenvalue weighted by Crippen LogP contribution is 2.55. The summed E-state index contributed by atoms with van der Waals surface area (Å²) in [6, 6.07) is 2.01. The number of aliphatic carboxylic acids is 1. The van der Waals surface area contributed by atoms with Gasteiger partial charge in [-0.1, -0.05) is 6.07 Å². The number of rotatable bonds is 8. The second-order valence-corrected chi connectivity index (χ2v) is 7.22. The zero-order chi connectivity index (χ0) is 17.8. The number of hydrogen-bond acceptors (Lipinski definition) is 7. The predicted molar refractivity (Wildman–Crippen MR) is 79.5 cm³/mol. The number of carboxylic acids is 1. The third-order valence-corrected chi connectivity index (χ3v) is 5.12. The number of nitro groups is 1. The van der Waals surface area contributed by atoms with Crippen LogP contribution in [0.4, 0.5) is 5.69 Å². The predicted octanol–water partition coefficient (Wildman–Crippen LogP) is 0.667. The number of nitrogens with zero attached hydrogens (tertiary/aromatic N) is 1. The third kappa shape index (κ3) is 4.73. The first-order chi connectivity index (χ1) is 10.6. The van der Waals surface area contributed by atoms with Crippen molar-refractivity contribution >= 4 is 19.0 Å². The first-order valence-electron chi connectivity index (χ1n) is 6.40. The molecule has 1 aromatic carbocycles. The highest BCUT2D eigenvalue weighted by atomic mass is 31.2. The van der Waals surface area contributed by atoms with Crippen LogP contribution < -0.4 is 10.5 Å². The molecular weight excluding hydrogens is 331 g/mol. The van der Waals surface area contributed by atoms with Crippen LogP contribution in [0.25, 0.3) is 0 Å². The van der Waals surface area contributed by atoms with Crippen molar-refractivity contribution in [3.63, 3.8) is 0 Å². The van der Waals surface area contributed by atoms with Gasteiger partial charge in [0.05, 0.1) is 12.0 Å². The minimum Gasteiger partial charge on any atom is -0.490 e. The lowest BCUT2D eigenvalue weighted by atomic mass is 10.2. The molecule has 0 aliphatic carbocycles. The SMILES string of the molecule is COc1ccc([C@@H](O)P(=O)(O)CC[C@H](N)C(=O)O)cc1[N+](=O)[O-]. The van der Waals surface area contributed by atoms with Gasteiger partial charge in [0.15, 0.2) is 11.6 Å². The van der Waals surface area contributed by atoms with Crippen LogP contribution in [-0.2, 0) is 9.36 Å². The van der Waals surface area contributed by atoms with Crippen molar-refractivity contribution in [1.29, 1.82) is 0 Å². The fourth-order valence-electron chi connectivity index (χ4n) is 1.81. The van der Waals surface area contributed by atoms with Gasteiger partial charge in [-0.05, 0) is 18.1 Å². The van der Waals surface area contributed by atoms with Gasteiger partial charge >= 0.3 is 11.7 Å². The van der Waals surface area contributed by atoms with Crippen molar-refractivity contribution in [1.82, 2.24) is 0 Å². The molecule has 0 aliphatic rings. The highest BCUT2D eigenvalue weighted by Gasteiger charge is 2.33. The fourth-order valence-corrected chi connectivity index (χ4v) is 3.33. The summed E-state index contributed by atoms with van der Waals surface area (Å²) < 4.78 is 16.9. The Bertz CT molecular complexity index is 650. The Hall–Kier alpha value is -2.00. The van der Waals surface area contributed by atoms with Gasteiger partial charge in [-0.15, -0.1) is 0 Å². The molecule has 0 aromatic heterocycles. The van der Waals surface area contributed by atoms with Crippen molar-refractivity contribution in [3.8, 4) is 5.75 Å². The summed E-state index contributed by atoms with van der Waals surface area (Å²) in [5, 5.41) is 29.6. The molecule has 1 aromatic rings. The van der Waals surface area contributed by atoms with Crippen LogP contribution in [0.15, 0.2) is 18.2 Å². The number of nitrogens with two attached hydrogens (primary N) is 1. The molecule has 0 radical (unpaired) electrons. The zero-order valence-corrected chi connectivity index (χ0v) is 13.1. The molecule has 0 saturated heterocycles. The van der Waals surface area contributed by atoms with Gasteiger partial charge in [-0.25, -0.2) is 0 Å². The summed E-state index contributed by atoms with van der Waals surface area (Å²) in [7, 11) is -3.00. The molecule has 0 heterocycles. The summed E-state index contributed by atoms with van der Waals surface area (Å²) in [6.07, 6.45) is -0.861. The van der Waals surface area contributed by atoms with Crippen LogP contribution in [0.3, 0.4) is 0 Å². The molecule has 10 nitrogen and oxygen atoms in total. The van der Waals surface area contributed by atoms with E-state index in [2.05, 4.69) is 0 Å². The van der Waals surface area contributed by atoms with Crippen LogP contribution in [0, 0.1) is 10.1 Å². The molecule has 5 N–H and O–H groups in total. The molecule has 0 bridgehead atoms. The van der Waals surface area contributed by atoms with Crippen molar-refractivity contribution < 1.29 is 34.1 Å². The maximum Gasteiger partial charge on any atom is 0.320 e. The lowest BCUT2D eigenvalue weighted by Gasteiger charge is -2.19. The topological polar surface area (TPSA) is 173 Å². The Kier molecular flexibility index (Phi) is 6.22. The van der Waals surface area contributed by atoms with Gasteiger partial charge in [-0.3, -0.25) is 19.5 Å². The second-order valence-electron chi connectivity index (χ2n) is 4.77. The molecule has 11 heteroatoms. The zero-order valence-electron chi connectivity index (χ0n) is 12.2. The number of hydrogen-bond donors (Lipinski definition) is 4. The number of benzene rings is 1. The Balaban J connectivity index is 3.01. The molecule has 0 fully saturated rings. The second kappa shape index (κ2) is 7.51. The molecule has 0 spiro atoms. The molecule has 23 heavy (non-hydrogen) atoms. The fraction of sp³-hybridized carbons (Fsp3) is 0.417. The van der Waals surface area contributed by atoms with Gasteiger partial charge in [0.1, 0.15) is 6.04 Å². The number of nitro benzene ring substituents is 1. The van der Waals surface area contributed by atoms with E-state index in [4.69, 9.17) is 15.6 Å². The van der Waals surface area contributed by atoms with E-state index in [1.54, 1.807) is 0 Å². The van der Waals surface area contributed by atoms with Crippen molar-refractivity contribution in [3.05, 3.63) is 33.9 Å². The van der Waals surface area contributed by atoms with E-state index < -0.39 is 42.0 Å². The molecule has 0 aliphatic heterocycles. The summed E-state index contributed by atoms with van der Waals surface area (Å²) in [5.41, 5.74) is 4.63. The van der Waals surface area contributed by atoms with Crippen molar-refractivity contribution in [2.24, 2.45) is 5.73 Å². The number of aliphatic hydroxyl groups is 1. The van der Waals surface area contributed by atoms with Crippen molar-refractivity contribution in [2.45, 2.75) is 18.3 Å². The van der Waals surface area contributed by atoms with Crippen molar-refractivity contribution in [2.75, 3.05) is 13.3 Å². The number of carbonyl (C=O) groups is 1. The van der Waals surface area contributed by atoms with E-state index in [1.165, 1.54) is 19.2 Å². The lowest BCUT2D eigenvalue weighted by Crippen LogP contribution is -2.31. The standard InChI is InChI=1S/C12H17N2O8P/c1-22-10-3-2-7(6-9(10)14(18)19)12(17)23(20,21)5-4-8(13)11(15)16/h2-3,6,8,12,17H,4-5,13H2,1H3,(H,15,16)(H,20,21)/t8-,12-/m0/s1. The van der Waals surface area contributed by atoms with E-state index >= 15 is 0 Å². The molecule has 1 rings (SSSR count). The first kappa shape index (κ1) is 19.0. The van der Waals surface area contributed by atoms with Gasteiger partial charge in [-0.2, -0.15) is 0 Å². The largest absolute Gasteiger partial charge is 0.490 e. The Labute approximate surface area is 131 Å². The molecule has 0 amide bonds. The monoisotopic (exact) mass is 348 g/mol. The van der Waals surface area contributed by atoms with Crippen LogP contribution in [0.2, 0.25) is 0 Å². The van der Waals surface area contributed by atoms with Crippen LogP contribution >= 0.6 is 7.37 Å². The smallest absolute Gasteiger partial charge is 0.320 e. The summed E-state index contributed by atoms with van der Waals surface area (Å²) in [5.74, 6) is -3.29.